The van der Waals surface area contributed by atoms with Gasteiger partial charge in [-0.25, -0.2) is 0 Å². The van der Waals surface area contributed by atoms with Gasteiger partial charge in [0.15, 0.2) is 0 Å². The van der Waals surface area contributed by atoms with Crippen LogP contribution in [0.4, 0.5) is 0 Å². The second-order valence-corrected chi connectivity index (χ2v) is 7.48. The first-order valence-corrected chi connectivity index (χ1v) is 11.8. The van der Waals surface area contributed by atoms with E-state index in [-0.39, 0.29) is 14.9 Å². The van der Waals surface area contributed by atoms with Crippen LogP contribution in [0.3, 0.4) is 0 Å². The van der Waals surface area contributed by atoms with Crippen molar-refractivity contribution in [3.63, 3.8) is 0 Å². The molecule has 0 aliphatic heterocycles. The molecule has 0 unspecified atom stereocenters. The van der Waals surface area contributed by atoms with Crippen molar-refractivity contribution in [2.75, 3.05) is 0 Å². The van der Waals surface area contributed by atoms with Crippen molar-refractivity contribution in [1.29, 1.82) is 0 Å². The van der Waals surface area contributed by atoms with Crippen molar-refractivity contribution in [2.24, 2.45) is 5.92 Å². The predicted molar refractivity (Wildman–Crippen MR) is 122 cm³/mol. The van der Waals surface area contributed by atoms with E-state index in [1.807, 2.05) is 6.20 Å². The summed E-state index contributed by atoms with van der Waals surface area (Å²) in [4.78, 5) is 4.72. The van der Waals surface area contributed by atoms with E-state index < -0.39 is 0 Å². The van der Waals surface area contributed by atoms with E-state index in [0.717, 1.165) is 12.1 Å². The van der Waals surface area contributed by atoms with E-state index in [2.05, 4.69) is 79.8 Å². The second-order valence-electron chi connectivity index (χ2n) is 7.48. The van der Waals surface area contributed by atoms with Crippen LogP contribution in [-0.2, 0) is 24.3 Å². The first-order valence-electron chi connectivity index (χ1n) is 8.86. The number of halogens is 1. The van der Waals surface area contributed by atoms with Crippen LogP contribution >= 0.6 is 9.58 Å². The normalized spacial score (nSPS) is 11.3. The van der Waals surface area contributed by atoms with Gasteiger partial charge in [-0.3, -0.25) is 4.98 Å². The average molecular weight is 571 g/mol. The van der Waals surface area contributed by atoms with Crippen LogP contribution in [0.15, 0.2) is 42.6 Å². The molecule has 0 spiro atoms. The minimum atomic E-state index is 0. The van der Waals surface area contributed by atoms with Gasteiger partial charge in [0.05, 0.1) is 5.69 Å². The first kappa shape index (κ1) is 24.6. The van der Waals surface area contributed by atoms with Crippen molar-refractivity contribution in [2.45, 2.75) is 34.1 Å². The number of hydrogen-bond donors (Lipinski definition) is 0. The fourth-order valence-electron chi connectivity index (χ4n) is 3.90. The summed E-state index contributed by atoms with van der Waals surface area (Å²) in [6.07, 6.45) is 5.39. The molecule has 4 rings (SSSR count). The number of rotatable bonds is 3. The maximum absolute atomic E-state index is 4.72. The summed E-state index contributed by atoms with van der Waals surface area (Å²) < 4.78 is 0. The molecule has 0 bridgehead atoms. The van der Waals surface area contributed by atoms with Crippen LogP contribution in [0.2, 0.25) is 0 Å². The fraction of sp³-hybridized carbons (Fsp3) is 0.240. The third-order valence-corrected chi connectivity index (χ3v) is 4.69. The number of hydrogen-bond acceptors (Lipinski definition) is 1. The van der Waals surface area contributed by atoms with Gasteiger partial charge in [0.25, 0.3) is 0 Å². The van der Waals surface area contributed by atoms with Gasteiger partial charge in [0.2, 0.25) is 0 Å². The summed E-state index contributed by atoms with van der Waals surface area (Å²) in [5, 5.41) is 2.61. The molecule has 28 heavy (non-hydrogen) atoms. The molecular weight excluding hydrogens is 542 g/mol. The van der Waals surface area contributed by atoms with Crippen molar-refractivity contribution in [3.05, 3.63) is 91.0 Å². The molecule has 0 amide bonds. The van der Waals surface area contributed by atoms with Crippen molar-refractivity contribution in [3.8, 4) is 0 Å². The molecule has 1 aromatic heterocycles. The average Bonchev–Trinajstić information content (AvgIpc) is 2.96. The monoisotopic (exact) mass is 571 g/mol. The van der Waals surface area contributed by atoms with Crippen molar-refractivity contribution in [1.82, 2.24) is 4.98 Å². The molecule has 0 N–H and O–H groups in total. The van der Waals surface area contributed by atoms with E-state index in [1.165, 1.54) is 62.1 Å². The Morgan fingerprint density at radius 2 is 1.61 bits per heavy atom. The van der Waals surface area contributed by atoms with Gasteiger partial charge in [0, 0.05) is 17.2 Å². The molecule has 3 heteroatoms. The van der Waals surface area contributed by atoms with Crippen LogP contribution in [0.25, 0.3) is 22.4 Å². The Bertz CT molecular complexity index is 969. The summed E-state index contributed by atoms with van der Waals surface area (Å²) in [5.74, 6) is 0.667. The third-order valence-electron chi connectivity index (χ3n) is 4.69. The minimum absolute atomic E-state index is 0. The SMILES string of the molecule is Cc1cc(C)cc(C2=Cc3cc(CC(C)C)cc4ccnc2c34)c1.[CH3-].[CH3-].[Cl][Ir+2]. The second kappa shape index (κ2) is 10.3. The summed E-state index contributed by atoms with van der Waals surface area (Å²) in [7, 11) is 4.64. The fourth-order valence-corrected chi connectivity index (χ4v) is 3.90. The Balaban J connectivity index is 0.000000950. The first-order chi connectivity index (χ1) is 12.5. The molecule has 1 heterocycles. The third kappa shape index (κ3) is 4.92. The van der Waals surface area contributed by atoms with Gasteiger partial charge in [-0.15, -0.1) is 0 Å². The molecule has 1 nitrogen and oxygen atoms in total. The standard InChI is InChI=1S/C23H23N.2CH3.ClH.Ir/c1-14(2)7-17-11-18-5-6-24-23-21(13-20(12-17)22(18)23)19-9-15(3)8-16(4)10-19;;;;/h5-6,8-14H,7H2,1-4H3;2*1H3;1H;/q;2*-1;;+3/p-1. The topological polar surface area (TPSA) is 12.9 Å². The molecule has 0 saturated carbocycles. The molecule has 0 radical (unpaired) electrons. The number of nitrogens with zero attached hydrogens (tertiary/aromatic N) is 1. The zero-order valence-electron chi connectivity index (χ0n) is 17.6. The van der Waals surface area contributed by atoms with Gasteiger partial charge in [-0.2, -0.15) is 0 Å². The number of benzene rings is 2. The Morgan fingerprint density at radius 1 is 0.964 bits per heavy atom. The number of aromatic nitrogens is 1. The molecule has 2 aromatic carbocycles. The zero-order valence-corrected chi connectivity index (χ0v) is 20.7. The summed E-state index contributed by atoms with van der Waals surface area (Å²) in [5.41, 5.74) is 8.99. The van der Waals surface area contributed by atoms with Crippen LogP contribution < -0.4 is 0 Å². The van der Waals surface area contributed by atoms with Gasteiger partial charge < -0.3 is 14.9 Å². The Hall–Kier alpha value is -1.47. The molecular formula is C25H29ClIrN. The predicted octanol–water partition coefficient (Wildman–Crippen LogP) is 7.54. The maximum atomic E-state index is 4.72. The van der Waals surface area contributed by atoms with Crippen molar-refractivity contribution < 1.29 is 17.9 Å². The summed E-state index contributed by atoms with van der Waals surface area (Å²) in [6.45, 7) is 8.87. The van der Waals surface area contributed by atoms with Crippen LogP contribution in [0, 0.1) is 34.6 Å². The summed E-state index contributed by atoms with van der Waals surface area (Å²) >= 11 is 1.47. The Kier molecular flexibility index (Phi) is 9.08. The van der Waals surface area contributed by atoms with Crippen LogP contribution in [0.1, 0.15) is 47.4 Å². The van der Waals surface area contributed by atoms with E-state index >= 15 is 0 Å². The molecule has 3 aromatic rings. The zero-order chi connectivity index (χ0) is 18.8. The molecule has 150 valence electrons. The van der Waals surface area contributed by atoms with Gasteiger partial charge in [0.1, 0.15) is 0 Å². The molecule has 0 saturated heterocycles. The van der Waals surface area contributed by atoms with Gasteiger partial charge >= 0.3 is 27.5 Å². The molecule has 0 atom stereocenters. The van der Waals surface area contributed by atoms with E-state index in [9.17, 15) is 0 Å². The van der Waals surface area contributed by atoms with E-state index in [1.54, 1.807) is 0 Å². The molecule has 1 aliphatic carbocycles. The molecule has 0 fully saturated rings. The quantitative estimate of drug-likeness (QED) is 0.232. The number of aryl methyl sites for hydroxylation is 2. The van der Waals surface area contributed by atoms with Crippen LogP contribution in [0.5, 0.6) is 0 Å². The van der Waals surface area contributed by atoms with Gasteiger partial charge in [-0.1, -0.05) is 55.3 Å². The van der Waals surface area contributed by atoms with Crippen LogP contribution in [-0.4, -0.2) is 4.98 Å². The van der Waals surface area contributed by atoms with Gasteiger partial charge in [-0.05, 0) is 60.4 Å². The van der Waals surface area contributed by atoms with E-state index in [4.69, 9.17) is 4.98 Å². The Morgan fingerprint density at radius 3 is 2.21 bits per heavy atom. The Labute approximate surface area is 185 Å². The van der Waals surface area contributed by atoms with Crippen molar-refractivity contribution >= 4 is 32.0 Å². The molecule has 1 aliphatic rings. The summed E-state index contributed by atoms with van der Waals surface area (Å²) in [6, 6.07) is 13.6. The number of pyridine rings is 1. The van der Waals surface area contributed by atoms with E-state index in [0.29, 0.717) is 5.92 Å².